The number of hydrogen-bond acceptors (Lipinski definition) is 1. The second-order valence-electron chi connectivity index (χ2n) is 5.00. The van der Waals surface area contributed by atoms with Crippen molar-refractivity contribution in [3.05, 3.63) is 34.6 Å². The van der Waals surface area contributed by atoms with E-state index < -0.39 is 0 Å². The van der Waals surface area contributed by atoms with E-state index in [4.69, 9.17) is 23.2 Å². The molecule has 0 aliphatic carbocycles. The zero-order valence-corrected chi connectivity index (χ0v) is 12.0. The molecule has 0 bridgehead atoms. The van der Waals surface area contributed by atoms with Crippen LogP contribution in [0.5, 0.6) is 0 Å². The topological polar surface area (TPSA) is 3.24 Å². The van der Waals surface area contributed by atoms with E-state index in [0.29, 0.717) is 5.92 Å². The molecule has 1 fully saturated rings. The molecule has 0 N–H and O–H groups in total. The van der Waals surface area contributed by atoms with Crippen molar-refractivity contribution in [3.63, 3.8) is 0 Å². The zero-order chi connectivity index (χ0) is 13.1. The Hall–Kier alpha value is -0.310. The minimum atomic E-state index is -0.335. The van der Waals surface area contributed by atoms with E-state index >= 15 is 0 Å². The molecule has 1 aliphatic rings. The van der Waals surface area contributed by atoms with E-state index in [1.165, 1.54) is 6.07 Å². The first-order valence-corrected chi connectivity index (χ1v) is 7.18. The molecule has 0 aromatic heterocycles. The summed E-state index contributed by atoms with van der Waals surface area (Å²) in [6.07, 6.45) is 2.22. The van der Waals surface area contributed by atoms with E-state index in [1.54, 1.807) is 6.07 Å². The minimum absolute atomic E-state index is 0.241. The second-order valence-corrected chi connectivity index (χ2v) is 6.07. The van der Waals surface area contributed by atoms with Gasteiger partial charge in [-0.1, -0.05) is 23.7 Å². The maximum atomic E-state index is 13.3. The van der Waals surface area contributed by atoms with Gasteiger partial charge in [0, 0.05) is 11.9 Å². The summed E-state index contributed by atoms with van der Waals surface area (Å²) in [5.74, 6) is 0.268. The average molecular weight is 290 g/mol. The zero-order valence-electron chi connectivity index (χ0n) is 10.5. The summed E-state index contributed by atoms with van der Waals surface area (Å²) in [6, 6.07) is 5.00. The number of halogens is 3. The summed E-state index contributed by atoms with van der Waals surface area (Å²) >= 11 is 12.1. The lowest BCUT2D eigenvalue weighted by Gasteiger charge is -2.33. The lowest BCUT2D eigenvalue weighted by Crippen LogP contribution is -2.35. The Bertz CT molecular complexity index is 401. The second kappa shape index (κ2) is 6.23. The fourth-order valence-electron chi connectivity index (χ4n) is 2.48. The molecule has 1 saturated heterocycles. The molecule has 1 nitrogen and oxygen atoms in total. The van der Waals surface area contributed by atoms with Gasteiger partial charge in [0.25, 0.3) is 0 Å². The van der Waals surface area contributed by atoms with Crippen molar-refractivity contribution in [1.82, 2.24) is 4.90 Å². The predicted molar refractivity (Wildman–Crippen MR) is 74.7 cm³/mol. The molecular weight excluding hydrogens is 272 g/mol. The molecule has 1 aromatic rings. The number of likely N-dealkylation sites (tertiary alicyclic amines) is 1. The normalized spacial score (nSPS) is 20.0. The first kappa shape index (κ1) is 14.1. The largest absolute Gasteiger partial charge is 0.299 e. The Morgan fingerprint density at radius 1 is 1.39 bits per heavy atom. The number of hydrogen-bond donors (Lipinski definition) is 0. The summed E-state index contributed by atoms with van der Waals surface area (Å²) < 4.78 is 13.3. The van der Waals surface area contributed by atoms with Crippen LogP contribution in [-0.4, -0.2) is 23.4 Å². The van der Waals surface area contributed by atoms with Gasteiger partial charge >= 0.3 is 0 Å². The Kier molecular flexibility index (Phi) is 4.88. The molecule has 0 amide bonds. The van der Waals surface area contributed by atoms with Gasteiger partial charge in [0.15, 0.2) is 0 Å². The molecular formula is C14H18Cl2FN. The van der Waals surface area contributed by atoms with Crippen LogP contribution in [0.15, 0.2) is 18.2 Å². The van der Waals surface area contributed by atoms with Crippen molar-refractivity contribution in [2.24, 2.45) is 5.92 Å². The minimum Gasteiger partial charge on any atom is -0.299 e. The number of benzene rings is 1. The van der Waals surface area contributed by atoms with E-state index in [-0.39, 0.29) is 16.2 Å². The summed E-state index contributed by atoms with van der Waals surface area (Å²) in [4.78, 5) is 2.32. The van der Waals surface area contributed by atoms with Gasteiger partial charge in [0.05, 0.1) is 5.02 Å². The molecule has 1 unspecified atom stereocenters. The molecule has 4 heteroatoms. The third kappa shape index (κ3) is 3.37. The molecule has 2 rings (SSSR count). The van der Waals surface area contributed by atoms with Crippen LogP contribution in [0.25, 0.3) is 0 Å². The fraction of sp³-hybridized carbons (Fsp3) is 0.571. The number of alkyl halides is 1. The third-order valence-corrected chi connectivity index (χ3v) is 4.49. The third-order valence-electron chi connectivity index (χ3n) is 3.71. The molecule has 1 aliphatic heterocycles. The van der Waals surface area contributed by atoms with Crippen LogP contribution in [0.3, 0.4) is 0 Å². The molecule has 100 valence electrons. The van der Waals surface area contributed by atoms with Gasteiger partial charge in [-0.3, -0.25) is 4.90 Å². The van der Waals surface area contributed by atoms with Crippen LogP contribution in [-0.2, 0) is 6.54 Å². The highest BCUT2D eigenvalue weighted by atomic mass is 35.5. The van der Waals surface area contributed by atoms with Gasteiger partial charge in [0.2, 0.25) is 0 Å². The number of piperidine rings is 1. The molecule has 1 atom stereocenters. The molecule has 0 radical (unpaired) electrons. The highest BCUT2D eigenvalue weighted by molar-refractivity contribution is 6.31. The summed E-state index contributed by atoms with van der Waals surface area (Å²) in [7, 11) is 0. The Morgan fingerprint density at radius 2 is 2.06 bits per heavy atom. The van der Waals surface area contributed by atoms with E-state index in [1.807, 2.05) is 6.07 Å². The van der Waals surface area contributed by atoms with E-state index in [2.05, 4.69) is 11.8 Å². The monoisotopic (exact) mass is 289 g/mol. The highest BCUT2D eigenvalue weighted by Crippen LogP contribution is 2.26. The van der Waals surface area contributed by atoms with Crippen LogP contribution < -0.4 is 0 Å². The quantitative estimate of drug-likeness (QED) is 0.749. The number of nitrogens with zero attached hydrogens (tertiary/aromatic N) is 1. The molecule has 0 spiro atoms. The standard InChI is InChI=1S/C14H18Cl2FN/c1-10(15)11-5-7-18(8-6-11)9-12-3-2-4-13(17)14(12)16/h2-4,10-11H,5-9H2,1H3. The van der Waals surface area contributed by atoms with Gasteiger partial charge in [-0.25, -0.2) is 4.39 Å². The highest BCUT2D eigenvalue weighted by Gasteiger charge is 2.23. The Morgan fingerprint density at radius 3 is 2.67 bits per heavy atom. The molecule has 1 heterocycles. The van der Waals surface area contributed by atoms with Crippen LogP contribution in [0.4, 0.5) is 4.39 Å². The SMILES string of the molecule is CC(Cl)C1CCN(Cc2cccc(F)c2Cl)CC1. The number of rotatable bonds is 3. The summed E-state index contributed by atoms with van der Waals surface area (Å²) in [6.45, 7) is 4.80. The summed E-state index contributed by atoms with van der Waals surface area (Å²) in [5, 5.41) is 0.496. The van der Waals surface area contributed by atoms with Gasteiger partial charge in [0.1, 0.15) is 5.82 Å². The van der Waals surface area contributed by atoms with Gasteiger partial charge in [-0.05, 0) is 50.4 Å². The van der Waals surface area contributed by atoms with Crippen LogP contribution in [0.1, 0.15) is 25.3 Å². The smallest absolute Gasteiger partial charge is 0.142 e. The molecule has 0 saturated carbocycles. The predicted octanol–water partition coefficient (Wildman–Crippen LogP) is 4.32. The van der Waals surface area contributed by atoms with Crippen molar-refractivity contribution < 1.29 is 4.39 Å². The average Bonchev–Trinajstić information content (AvgIpc) is 2.36. The van der Waals surface area contributed by atoms with Crippen LogP contribution in [0.2, 0.25) is 5.02 Å². The van der Waals surface area contributed by atoms with Gasteiger partial charge in [-0.2, -0.15) is 0 Å². The maximum Gasteiger partial charge on any atom is 0.142 e. The van der Waals surface area contributed by atoms with E-state index in [0.717, 1.165) is 38.0 Å². The molecule has 18 heavy (non-hydrogen) atoms. The lowest BCUT2D eigenvalue weighted by molar-refractivity contribution is 0.176. The summed E-state index contributed by atoms with van der Waals surface area (Å²) in [5.41, 5.74) is 0.869. The maximum absolute atomic E-state index is 13.3. The van der Waals surface area contributed by atoms with Crippen molar-refractivity contribution in [2.45, 2.75) is 31.7 Å². The first-order chi connectivity index (χ1) is 8.58. The Labute approximate surface area is 118 Å². The first-order valence-electron chi connectivity index (χ1n) is 6.37. The van der Waals surface area contributed by atoms with Gasteiger partial charge in [-0.15, -0.1) is 11.6 Å². The van der Waals surface area contributed by atoms with Crippen molar-refractivity contribution in [1.29, 1.82) is 0 Å². The van der Waals surface area contributed by atoms with Crippen molar-refractivity contribution in [2.75, 3.05) is 13.1 Å². The van der Waals surface area contributed by atoms with Gasteiger partial charge < -0.3 is 0 Å². The van der Waals surface area contributed by atoms with E-state index in [9.17, 15) is 4.39 Å². The van der Waals surface area contributed by atoms with Crippen molar-refractivity contribution in [3.8, 4) is 0 Å². The molecule has 1 aromatic carbocycles. The Balaban J connectivity index is 1.94. The van der Waals surface area contributed by atoms with Crippen LogP contribution in [0, 0.1) is 11.7 Å². The van der Waals surface area contributed by atoms with Crippen molar-refractivity contribution >= 4 is 23.2 Å². The lowest BCUT2D eigenvalue weighted by atomic mass is 9.94. The fourth-order valence-corrected chi connectivity index (χ4v) is 2.92. The van der Waals surface area contributed by atoms with Crippen LogP contribution >= 0.6 is 23.2 Å².